The summed E-state index contributed by atoms with van der Waals surface area (Å²) in [6.07, 6.45) is 0.882. The Kier molecular flexibility index (Phi) is 7.64. The van der Waals surface area contributed by atoms with Gasteiger partial charge in [0.25, 0.3) is 11.6 Å². The number of carbonyl (C=O) groups excluding carboxylic acids is 2. The lowest BCUT2D eigenvalue weighted by molar-refractivity contribution is -0.384. The molecule has 0 bridgehead atoms. The maximum absolute atomic E-state index is 12.9. The van der Waals surface area contributed by atoms with E-state index in [0.29, 0.717) is 49.8 Å². The first-order valence-electron chi connectivity index (χ1n) is 10.7. The van der Waals surface area contributed by atoms with Crippen molar-refractivity contribution >= 4 is 23.3 Å². The van der Waals surface area contributed by atoms with E-state index < -0.39 is 10.9 Å². The van der Waals surface area contributed by atoms with Crippen LogP contribution in [0.3, 0.4) is 0 Å². The fraction of sp³-hybridized carbons (Fsp3) is 0.391. The van der Waals surface area contributed by atoms with Gasteiger partial charge in [0.15, 0.2) is 0 Å². The van der Waals surface area contributed by atoms with Gasteiger partial charge in [-0.25, -0.2) is 4.79 Å². The molecule has 3 rings (SSSR count). The maximum Gasteiger partial charge on any atom is 0.338 e. The van der Waals surface area contributed by atoms with Crippen LogP contribution in [0.5, 0.6) is 5.75 Å². The highest BCUT2D eigenvalue weighted by Crippen LogP contribution is 2.30. The van der Waals surface area contributed by atoms with Crippen molar-refractivity contribution in [3.05, 3.63) is 63.7 Å². The van der Waals surface area contributed by atoms with Crippen LogP contribution in [0, 0.1) is 10.1 Å². The number of ether oxygens (including phenoxy) is 2. The smallest absolute Gasteiger partial charge is 0.338 e. The molecular formula is C23H27N3O6. The number of hydrogen-bond acceptors (Lipinski definition) is 7. The van der Waals surface area contributed by atoms with Crippen LogP contribution in [-0.2, 0) is 4.74 Å². The molecule has 0 spiro atoms. The van der Waals surface area contributed by atoms with Crippen LogP contribution in [0.4, 0.5) is 11.4 Å². The third kappa shape index (κ3) is 5.35. The van der Waals surface area contributed by atoms with Gasteiger partial charge < -0.3 is 19.3 Å². The molecule has 0 N–H and O–H groups in total. The minimum absolute atomic E-state index is 0.0984. The zero-order valence-electron chi connectivity index (χ0n) is 18.3. The molecule has 170 valence electrons. The van der Waals surface area contributed by atoms with Crippen molar-refractivity contribution in [3.8, 4) is 5.75 Å². The molecule has 2 aromatic rings. The van der Waals surface area contributed by atoms with Gasteiger partial charge in [-0.15, -0.1) is 0 Å². The minimum atomic E-state index is -0.595. The highest BCUT2D eigenvalue weighted by atomic mass is 16.6. The minimum Gasteiger partial charge on any atom is -0.494 e. The monoisotopic (exact) mass is 441 g/mol. The second-order valence-corrected chi connectivity index (χ2v) is 7.34. The van der Waals surface area contributed by atoms with Crippen LogP contribution in [0.25, 0.3) is 0 Å². The number of amides is 1. The summed E-state index contributed by atoms with van der Waals surface area (Å²) in [7, 11) is 0. The van der Waals surface area contributed by atoms with Crippen LogP contribution in [0.2, 0.25) is 0 Å². The molecule has 1 fully saturated rings. The van der Waals surface area contributed by atoms with E-state index in [1.807, 2.05) is 17.9 Å². The molecule has 0 radical (unpaired) electrons. The van der Waals surface area contributed by atoms with Crippen LogP contribution >= 0.6 is 0 Å². The number of esters is 1. The summed E-state index contributed by atoms with van der Waals surface area (Å²) < 4.78 is 10.5. The molecule has 9 nitrogen and oxygen atoms in total. The zero-order valence-corrected chi connectivity index (χ0v) is 18.3. The molecule has 9 heteroatoms. The molecule has 1 saturated heterocycles. The van der Waals surface area contributed by atoms with Crippen molar-refractivity contribution in [2.75, 3.05) is 44.3 Å². The van der Waals surface area contributed by atoms with Gasteiger partial charge in [0.1, 0.15) is 11.4 Å². The quantitative estimate of drug-likeness (QED) is 0.351. The van der Waals surface area contributed by atoms with E-state index in [-0.39, 0.29) is 23.8 Å². The number of carbonyl (C=O) groups is 2. The first kappa shape index (κ1) is 23.1. The molecule has 2 aromatic carbocycles. The molecule has 1 amide bonds. The lowest BCUT2D eigenvalue weighted by Gasteiger charge is -2.36. The summed E-state index contributed by atoms with van der Waals surface area (Å²) >= 11 is 0. The van der Waals surface area contributed by atoms with Gasteiger partial charge >= 0.3 is 5.97 Å². The van der Waals surface area contributed by atoms with E-state index in [1.54, 1.807) is 36.1 Å². The molecule has 1 aliphatic heterocycles. The number of hydrogen-bond donors (Lipinski definition) is 0. The van der Waals surface area contributed by atoms with Crippen molar-refractivity contribution in [2.24, 2.45) is 0 Å². The lowest BCUT2D eigenvalue weighted by Crippen LogP contribution is -2.49. The summed E-state index contributed by atoms with van der Waals surface area (Å²) in [5.41, 5.74) is 0.958. The Labute approximate surface area is 186 Å². The number of nitrogens with zero attached hydrogens (tertiary/aromatic N) is 3. The number of nitro groups is 1. The van der Waals surface area contributed by atoms with Crippen molar-refractivity contribution in [1.29, 1.82) is 0 Å². The van der Waals surface area contributed by atoms with E-state index in [4.69, 9.17) is 9.47 Å². The predicted octanol–water partition coefficient (Wildman–Crippen LogP) is 3.52. The summed E-state index contributed by atoms with van der Waals surface area (Å²) in [5, 5.41) is 11.6. The highest BCUT2D eigenvalue weighted by molar-refractivity contribution is 5.95. The van der Waals surface area contributed by atoms with Crippen LogP contribution in [0.15, 0.2) is 42.5 Å². The van der Waals surface area contributed by atoms with Gasteiger partial charge in [-0.1, -0.05) is 13.0 Å². The fourth-order valence-electron chi connectivity index (χ4n) is 3.55. The Morgan fingerprint density at radius 1 is 1.03 bits per heavy atom. The summed E-state index contributed by atoms with van der Waals surface area (Å²) in [6.45, 7) is 6.21. The van der Waals surface area contributed by atoms with Crippen LogP contribution in [-0.4, -0.2) is 61.1 Å². The van der Waals surface area contributed by atoms with Crippen LogP contribution in [0.1, 0.15) is 41.0 Å². The molecule has 1 heterocycles. The summed E-state index contributed by atoms with van der Waals surface area (Å²) in [5.74, 6) is -0.0323. The fourth-order valence-corrected chi connectivity index (χ4v) is 3.55. The van der Waals surface area contributed by atoms with Crippen molar-refractivity contribution in [1.82, 2.24) is 4.90 Å². The Bertz CT molecular complexity index is 985. The molecular weight excluding hydrogens is 414 g/mol. The van der Waals surface area contributed by atoms with E-state index in [9.17, 15) is 19.7 Å². The average Bonchev–Trinajstić information content (AvgIpc) is 2.82. The topological polar surface area (TPSA) is 102 Å². The van der Waals surface area contributed by atoms with Crippen molar-refractivity contribution in [3.63, 3.8) is 0 Å². The Balaban J connectivity index is 1.69. The largest absolute Gasteiger partial charge is 0.494 e. The van der Waals surface area contributed by atoms with E-state index in [2.05, 4.69) is 0 Å². The number of rotatable bonds is 8. The number of anilines is 1. The number of nitro benzene ring substituents is 1. The third-order valence-corrected chi connectivity index (χ3v) is 5.14. The van der Waals surface area contributed by atoms with E-state index in [1.165, 1.54) is 12.1 Å². The SMILES string of the molecule is CCCOc1cccc(C(=O)N2CCN(c3ccc(C(=O)OCC)cc3[N+](=O)[O-])CC2)c1. The van der Waals surface area contributed by atoms with E-state index in [0.717, 1.165) is 6.42 Å². The van der Waals surface area contributed by atoms with Crippen molar-refractivity contribution in [2.45, 2.75) is 20.3 Å². The first-order valence-corrected chi connectivity index (χ1v) is 10.7. The van der Waals surface area contributed by atoms with Gasteiger partial charge in [-0.3, -0.25) is 14.9 Å². The van der Waals surface area contributed by atoms with Gasteiger partial charge in [-0.2, -0.15) is 0 Å². The Morgan fingerprint density at radius 2 is 1.78 bits per heavy atom. The first-order chi connectivity index (χ1) is 15.4. The normalized spacial score (nSPS) is 13.6. The van der Waals surface area contributed by atoms with Gasteiger partial charge in [0.2, 0.25) is 0 Å². The summed E-state index contributed by atoms with van der Waals surface area (Å²) in [6, 6.07) is 11.4. The zero-order chi connectivity index (χ0) is 23.1. The van der Waals surface area contributed by atoms with Gasteiger partial charge in [0.05, 0.1) is 23.7 Å². The average molecular weight is 441 g/mol. The molecule has 1 aliphatic rings. The number of piperazine rings is 1. The van der Waals surface area contributed by atoms with Gasteiger partial charge in [-0.05, 0) is 43.7 Å². The molecule has 32 heavy (non-hydrogen) atoms. The standard InChI is InChI=1S/C23H27N3O6/c1-3-14-32-19-7-5-6-17(15-19)22(27)25-12-10-24(11-13-25)20-9-8-18(23(28)31-4-2)16-21(20)26(29)30/h5-9,15-16H,3-4,10-14H2,1-2H3. The Morgan fingerprint density at radius 3 is 2.44 bits per heavy atom. The van der Waals surface area contributed by atoms with Gasteiger partial charge in [0, 0.05) is 37.8 Å². The van der Waals surface area contributed by atoms with E-state index >= 15 is 0 Å². The second-order valence-electron chi connectivity index (χ2n) is 7.34. The molecule has 0 unspecified atom stereocenters. The third-order valence-electron chi connectivity index (χ3n) is 5.14. The number of benzene rings is 2. The highest BCUT2D eigenvalue weighted by Gasteiger charge is 2.27. The summed E-state index contributed by atoms with van der Waals surface area (Å²) in [4.78, 5) is 39.5. The predicted molar refractivity (Wildman–Crippen MR) is 119 cm³/mol. The maximum atomic E-state index is 12.9. The molecule has 0 atom stereocenters. The van der Waals surface area contributed by atoms with Crippen molar-refractivity contribution < 1.29 is 24.0 Å². The van der Waals surface area contributed by atoms with Crippen LogP contribution < -0.4 is 9.64 Å². The molecule has 0 saturated carbocycles. The molecule has 0 aliphatic carbocycles. The lowest BCUT2D eigenvalue weighted by atomic mass is 10.1. The Hall–Kier alpha value is -3.62. The molecule has 0 aromatic heterocycles. The second kappa shape index (κ2) is 10.6.